The van der Waals surface area contributed by atoms with Crippen LogP contribution in [0, 0.1) is 0 Å². The Hall–Kier alpha value is -1.93. The highest BCUT2D eigenvalue weighted by atomic mass is 32.2. The summed E-state index contributed by atoms with van der Waals surface area (Å²) in [4.78, 5) is 23.4. The molecule has 7 nitrogen and oxygen atoms in total. The SMILES string of the molecule is CC(C)NC(=O)C(=O)NCc1ccc(S(=O)(=O)N2CCCCC2)cc1. The van der Waals surface area contributed by atoms with E-state index in [4.69, 9.17) is 0 Å². The third kappa shape index (κ3) is 5.27. The highest BCUT2D eigenvalue weighted by Gasteiger charge is 2.25. The van der Waals surface area contributed by atoms with Crippen molar-refractivity contribution in [3.05, 3.63) is 29.8 Å². The molecule has 138 valence electrons. The predicted octanol–water partition coefficient (Wildman–Crippen LogP) is 1.00. The maximum absolute atomic E-state index is 12.6. The molecule has 0 saturated carbocycles. The van der Waals surface area contributed by atoms with Gasteiger partial charge in [0.2, 0.25) is 10.0 Å². The van der Waals surface area contributed by atoms with Gasteiger partial charge in [-0.15, -0.1) is 0 Å². The number of hydrogen-bond acceptors (Lipinski definition) is 4. The van der Waals surface area contributed by atoms with Crippen LogP contribution < -0.4 is 10.6 Å². The van der Waals surface area contributed by atoms with E-state index >= 15 is 0 Å². The van der Waals surface area contributed by atoms with E-state index in [9.17, 15) is 18.0 Å². The molecule has 1 fully saturated rings. The number of piperidine rings is 1. The first kappa shape index (κ1) is 19.4. The first-order valence-electron chi connectivity index (χ1n) is 8.48. The summed E-state index contributed by atoms with van der Waals surface area (Å²) < 4.78 is 26.6. The van der Waals surface area contributed by atoms with Gasteiger partial charge in [0.05, 0.1) is 4.90 Å². The summed E-state index contributed by atoms with van der Waals surface area (Å²) >= 11 is 0. The Balaban J connectivity index is 1.95. The van der Waals surface area contributed by atoms with Crippen molar-refractivity contribution in [2.45, 2.75) is 50.6 Å². The Morgan fingerprint density at radius 2 is 1.64 bits per heavy atom. The average molecular weight is 367 g/mol. The van der Waals surface area contributed by atoms with Crippen LogP contribution in [-0.4, -0.2) is 43.7 Å². The van der Waals surface area contributed by atoms with E-state index in [1.165, 1.54) is 4.31 Å². The molecular weight excluding hydrogens is 342 g/mol. The molecule has 0 unspecified atom stereocenters. The molecule has 1 saturated heterocycles. The standard InChI is InChI=1S/C17H25N3O4S/c1-13(2)19-17(22)16(21)18-12-14-6-8-15(9-7-14)25(23,24)20-10-4-3-5-11-20/h6-9,13H,3-5,10-12H2,1-2H3,(H,18,21)(H,19,22). The minimum atomic E-state index is -3.46. The quantitative estimate of drug-likeness (QED) is 0.759. The van der Waals surface area contributed by atoms with Crippen LogP contribution in [-0.2, 0) is 26.2 Å². The molecule has 1 heterocycles. The van der Waals surface area contributed by atoms with Crippen LogP contribution >= 0.6 is 0 Å². The number of nitrogens with zero attached hydrogens (tertiary/aromatic N) is 1. The smallest absolute Gasteiger partial charge is 0.309 e. The Bertz CT molecular complexity index is 708. The first-order valence-corrected chi connectivity index (χ1v) is 9.92. The van der Waals surface area contributed by atoms with Crippen molar-refractivity contribution in [3.8, 4) is 0 Å². The van der Waals surface area contributed by atoms with Gasteiger partial charge in [0.15, 0.2) is 0 Å². The van der Waals surface area contributed by atoms with Crippen molar-refractivity contribution in [1.82, 2.24) is 14.9 Å². The number of sulfonamides is 1. The average Bonchev–Trinajstić information content (AvgIpc) is 2.60. The maximum Gasteiger partial charge on any atom is 0.309 e. The number of nitrogens with one attached hydrogen (secondary N) is 2. The Morgan fingerprint density at radius 3 is 2.20 bits per heavy atom. The van der Waals surface area contributed by atoms with Gasteiger partial charge in [-0.05, 0) is 44.4 Å². The number of hydrogen-bond donors (Lipinski definition) is 2. The van der Waals surface area contributed by atoms with Crippen LogP contribution in [0.5, 0.6) is 0 Å². The Labute approximate surface area is 148 Å². The molecule has 1 aliphatic heterocycles. The van der Waals surface area contributed by atoms with Crippen LogP contribution in [0.3, 0.4) is 0 Å². The van der Waals surface area contributed by atoms with Gasteiger partial charge in [-0.1, -0.05) is 18.6 Å². The molecule has 25 heavy (non-hydrogen) atoms. The molecule has 0 bridgehead atoms. The number of carbonyl (C=O) groups excluding carboxylic acids is 2. The largest absolute Gasteiger partial charge is 0.346 e. The van der Waals surface area contributed by atoms with Crippen molar-refractivity contribution in [3.63, 3.8) is 0 Å². The highest BCUT2D eigenvalue weighted by Crippen LogP contribution is 2.20. The molecule has 1 aliphatic rings. The van der Waals surface area contributed by atoms with Crippen molar-refractivity contribution < 1.29 is 18.0 Å². The van der Waals surface area contributed by atoms with E-state index in [2.05, 4.69) is 10.6 Å². The van der Waals surface area contributed by atoms with Gasteiger partial charge < -0.3 is 10.6 Å². The summed E-state index contributed by atoms with van der Waals surface area (Å²) in [6.45, 7) is 4.82. The lowest BCUT2D eigenvalue weighted by atomic mass is 10.2. The lowest BCUT2D eigenvalue weighted by Crippen LogP contribution is -2.42. The van der Waals surface area contributed by atoms with Crippen LogP contribution in [0.15, 0.2) is 29.2 Å². The van der Waals surface area contributed by atoms with E-state index in [-0.39, 0.29) is 17.5 Å². The highest BCUT2D eigenvalue weighted by molar-refractivity contribution is 7.89. The van der Waals surface area contributed by atoms with Crippen LogP contribution in [0.1, 0.15) is 38.7 Å². The van der Waals surface area contributed by atoms with E-state index in [1.807, 2.05) is 0 Å². The molecule has 1 aromatic rings. The molecular formula is C17H25N3O4S. The monoisotopic (exact) mass is 367 g/mol. The summed E-state index contributed by atoms with van der Waals surface area (Å²) in [5.41, 5.74) is 0.725. The van der Waals surface area contributed by atoms with Gasteiger partial charge in [0.1, 0.15) is 0 Å². The van der Waals surface area contributed by atoms with E-state index < -0.39 is 21.8 Å². The second kappa shape index (κ2) is 8.44. The second-order valence-electron chi connectivity index (χ2n) is 6.42. The van der Waals surface area contributed by atoms with E-state index in [0.717, 1.165) is 24.8 Å². The fraction of sp³-hybridized carbons (Fsp3) is 0.529. The summed E-state index contributed by atoms with van der Waals surface area (Å²) in [7, 11) is -3.46. The lowest BCUT2D eigenvalue weighted by molar-refractivity contribution is -0.139. The van der Waals surface area contributed by atoms with Gasteiger partial charge in [-0.3, -0.25) is 9.59 Å². The fourth-order valence-corrected chi connectivity index (χ4v) is 4.14. The summed E-state index contributed by atoms with van der Waals surface area (Å²) in [5.74, 6) is -1.39. The van der Waals surface area contributed by atoms with Crippen LogP contribution in [0.2, 0.25) is 0 Å². The molecule has 0 atom stereocenters. The van der Waals surface area contributed by atoms with E-state index in [0.29, 0.717) is 13.1 Å². The molecule has 0 radical (unpaired) electrons. The molecule has 2 N–H and O–H groups in total. The van der Waals surface area contributed by atoms with Gasteiger partial charge >= 0.3 is 11.8 Å². The summed E-state index contributed by atoms with van der Waals surface area (Å²) in [6.07, 6.45) is 2.85. The minimum absolute atomic E-state index is 0.113. The van der Waals surface area contributed by atoms with Gasteiger partial charge in [-0.2, -0.15) is 4.31 Å². The zero-order chi connectivity index (χ0) is 18.4. The minimum Gasteiger partial charge on any atom is -0.346 e. The summed E-state index contributed by atoms with van der Waals surface area (Å²) in [6, 6.07) is 6.27. The van der Waals surface area contributed by atoms with Crippen molar-refractivity contribution >= 4 is 21.8 Å². The van der Waals surface area contributed by atoms with Gasteiger partial charge in [0.25, 0.3) is 0 Å². The predicted molar refractivity (Wildman–Crippen MR) is 94.2 cm³/mol. The van der Waals surface area contributed by atoms with Crippen molar-refractivity contribution in [2.24, 2.45) is 0 Å². The first-order chi connectivity index (χ1) is 11.8. The lowest BCUT2D eigenvalue weighted by Gasteiger charge is -2.25. The molecule has 8 heteroatoms. The molecule has 1 aromatic carbocycles. The number of amides is 2. The number of benzene rings is 1. The van der Waals surface area contributed by atoms with Crippen LogP contribution in [0.4, 0.5) is 0 Å². The molecule has 0 spiro atoms. The van der Waals surface area contributed by atoms with E-state index in [1.54, 1.807) is 38.1 Å². The number of carbonyl (C=O) groups is 2. The zero-order valence-corrected chi connectivity index (χ0v) is 15.4. The van der Waals surface area contributed by atoms with Crippen LogP contribution in [0.25, 0.3) is 0 Å². The third-order valence-electron chi connectivity index (χ3n) is 3.96. The topological polar surface area (TPSA) is 95.6 Å². The maximum atomic E-state index is 12.6. The van der Waals surface area contributed by atoms with Gasteiger partial charge in [-0.25, -0.2) is 8.42 Å². The third-order valence-corrected chi connectivity index (χ3v) is 5.87. The number of rotatable bonds is 5. The van der Waals surface area contributed by atoms with Crippen molar-refractivity contribution in [2.75, 3.05) is 13.1 Å². The fourth-order valence-electron chi connectivity index (χ4n) is 2.62. The summed E-state index contributed by atoms with van der Waals surface area (Å²) in [5, 5.41) is 5.02. The Morgan fingerprint density at radius 1 is 1.04 bits per heavy atom. The second-order valence-corrected chi connectivity index (χ2v) is 8.36. The zero-order valence-electron chi connectivity index (χ0n) is 14.6. The molecule has 2 rings (SSSR count). The van der Waals surface area contributed by atoms with Crippen molar-refractivity contribution in [1.29, 1.82) is 0 Å². The molecule has 2 amide bonds. The normalized spacial score (nSPS) is 15.8. The Kier molecular flexibility index (Phi) is 6.55. The molecule has 0 aromatic heterocycles. The molecule has 0 aliphatic carbocycles. The van der Waals surface area contributed by atoms with Gasteiger partial charge in [0, 0.05) is 25.7 Å².